The Morgan fingerprint density at radius 3 is 2.50 bits per heavy atom. The Bertz CT molecular complexity index is 696. The molecule has 0 radical (unpaired) electrons. The Morgan fingerprint density at radius 2 is 1.90 bits per heavy atom. The van der Waals surface area contributed by atoms with Crippen LogP contribution in [0.5, 0.6) is 0 Å². The Kier molecular flexibility index (Phi) is 3.50. The molecule has 1 unspecified atom stereocenters. The average Bonchev–Trinajstić information content (AvgIpc) is 3.18. The zero-order valence-corrected chi connectivity index (χ0v) is 11.3. The molecule has 20 heavy (non-hydrogen) atoms. The molecule has 1 N–H and O–H groups in total. The summed E-state index contributed by atoms with van der Waals surface area (Å²) >= 11 is 1.53. The summed E-state index contributed by atoms with van der Waals surface area (Å²) in [5.74, 6) is 0.951. The van der Waals surface area contributed by atoms with E-state index in [9.17, 15) is 9.90 Å². The molecule has 0 aliphatic rings. The molecular formula is C16H12O3S. The molecule has 0 fully saturated rings. The molecule has 0 bridgehead atoms. The van der Waals surface area contributed by atoms with E-state index in [-0.39, 0.29) is 0 Å². The van der Waals surface area contributed by atoms with Crippen molar-refractivity contribution in [2.75, 3.05) is 0 Å². The van der Waals surface area contributed by atoms with Gasteiger partial charge in [0.15, 0.2) is 12.0 Å². The van der Waals surface area contributed by atoms with Crippen molar-refractivity contribution in [1.29, 1.82) is 0 Å². The van der Waals surface area contributed by atoms with Crippen LogP contribution in [0.3, 0.4) is 0 Å². The monoisotopic (exact) mass is 284 g/mol. The van der Waals surface area contributed by atoms with E-state index >= 15 is 0 Å². The first-order chi connectivity index (χ1) is 9.78. The van der Waals surface area contributed by atoms with Gasteiger partial charge in [-0.2, -0.15) is 0 Å². The van der Waals surface area contributed by atoms with Crippen molar-refractivity contribution < 1.29 is 14.3 Å². The van der Waals surface area contributed by atoms with E-state index in [4.69, 9.17) is 4.42 Å². The smallest absolute Gasteiger partial charge is 0.185 e. The van der Waals surface area contributed by atoms with Gasteiger partial charge in [0.2, 0.25) is 0 Å². The molecule has 3 aromatic rings. The molecule has 1 aromatic carbocycles. The SMILES string of the molecule is O=Cc1ccc(-c2ccc(C(O)c3cccs3)cc2)o1. The Labute approximate surface area is 120 Å². The second kappa shape index (κ2) is 5.45. The van der Waals surface area contributed by atoms with Gasteiger partial charge in [0.25, 0.3) is 0 Å². The predicted molar refractivity (Wildman–Crippen MR) is 77.9 cm³/mol. The van der Waals surface area contributed by atoms with Crippen LogP contribution in [-0.4, -0.2) is 11.4 Å². The van der Waals surface area contributed by atoms with Crippen LogP contribution < -0.4 is 0 Å². The maximum absolute atomic E-state index is 10.6. The van der Waals surface area contributed by atoms with E-state index in [0.29, 0.717) is 17.8 Å². The summed E-state index contributed by atoms with van der Waals surface area (Å²) in [4.78, 5) is 11.5. The van der Waals surface area contributed by atoms with Gasteiger partial charge in [-0.1, -0.05) is 30.3 Å². The fourth-order valence-corrected chi connectivity index (χ4v) is 2.75. The minimum absolute atomic E-state index is 0.308. The molecule has 0 aliphatic heterocycles. The summed E-state index contributed by atoms with van der Waals surface area (Å²) in [6.07, 6.45) is 0.0736. The molecule has 0 saturated heterocycles. The zero-order valence-electron chi connectivity index (χ0n) is 10.5. The van der Waals surface area contributed by atoms with Crippen LogP contribution in [0.15, 0.2) is 58.3 Å². The number of rotatable bonds is 4. The van der Waals surface area contributed by atoms with Gasteiger partial charge in [-0.15, -0.1) is 11.3 Å². The maximum atomic E-state index is 10.6. The Morgan fingerprint density at radius 1 is 1.10 bits per heavy atom. The summed E-state index contributed by atoms with van der Waals surface area (Å²) in [6, 6.07) is 14.7. The van der Waals surface area contributed by atoms with E-state index < -0.39 is 6.10 Å². The molecule has 2 aromatic heterocycles. The number of carbonyl (C=O) groups excluding carboxylic acids is 1. The van der Waals surface area contributed by atoms with Gasteiger partial charge in [-0.05, 0) is 29.1 Å². The van der Waals surface area contributed by atoms with E-state index in [0.717, 1.165) is 16.0 Å². The standard InChI is InChI=1S/C16H12O3S/c17-10-13-7-8-14(19-13)11-3-5-12(6-4-11)16(18)15-2-1-9-20-15/h1-10,16,18H. The lowest BCUT2D eigenvalue weighted by Gasteiger charge is -2.09. The molecule has 0 saturated carbocycles. The fourth-order valence-electron chi connectivity index (χ4n) is 2.01. The molecule has 3 rings (SSSR count). The van der Waals surface area contributed by atoms with Crippen LogP contribution in [0.4, 0.5) is 0 Å². The first kappa shape index (κ1) is 12.8. The van der Waals surface area contributed by atoms with Crippen molar-refractivity contribution in [2.45, 2.75) is 6.10 Å². The quantitative estimate of drug-likeness (QED) is 0.739. The highest BCUT2D eigenvalue weighted by Gasteiger charge is 2.12. The number of furan rings is 1. The molecule has 100 valence electrons. The van der Waals surface area contributed by atoms with Crippen molar-refractivity contribution in [1.82, 2.24) is 0 Å². The Balaban J connectivity index is 1.86. The summed E-state index contributed by atoms with van der Waals surface area (Å²) < 4.78 is 5.36. The fraction of sp³-hybridized carbons (Fsp3) is 0.0625. The van der Waals surface area contributed by atoms with E-state index in [1.807, 2.05) is 41.8 Å². The molecule has 4 heteroatoms. The minimum Gasteiger partial charge on any atom is -0.453 e. The van der Waals surface area contributed by atoms with Crippen molar-refractivity contribution in [3.05, 3.63) is 70.1 Å². The van der Waals surface area contributed by atoms with Gasteiger partial charge in [0.05, 0.1) is 0 Å². The first-order valence-corrected chi connectivity index (χ1v) is 7.03. The van der Waals surface area contributed by atoms with Crippen LogP contribution in [0.25, 0.3) is 11.3 Å². The van der Waals surface area contributed by atoms with Crippen LogP contribution >= 0.6 is 11.3 Å². The molecular weight excluding hydrogens is 272 g/mol. The zero-order chi connectivity index (χ0) is 13.9. The second-order valence-electron chi connectivity index (χ2n) is 4.36. The highest BCUT2D eigenvalue weighted by Crippen LogP contribution is 2.28. The number of aldehydes is 1. The van der Waals surface area contributed by atoms with Crippen molar-refractivity contribution in [3.8, 4) is 11.3 Å². The molecule has 0 amide bonds. The van der Waals surface area contributed by atoms with Gasteiger partial charge in [0, 0.05) is 10.4 Å². The number of hydrogen-bond donors (Lipinski definition) is 1. The first-order valence-electron chi connectivity index (χ1n) is 6.15. The highest BCUT2D eigenvalue weighted by atomic mass is 32.1. The molecule has 1 atom stereocenters. The number of hydrogen-bond acceptors (Lipinski definition) is 4. The number of aliphatic hydroxyl groups is 1. The Hall–Kier alpha value is -2.17. The lowest BCUT2D eigenvalue weighted by molar-refractivity contribution is 0.110. The van der Waals surface area contributed by atoms with E-state index in [2.05, 4.69) is 0 Å². The van der Waals surface area contributed by atoms with Crippen molar-refractivity contribution in [3.63, 3.8) is 0 Å². The van der Waals surface area contributed by atoms with E-state index in [1.54, 1.807) is 12.1 Å². The van der Waals surface area contributed by atoms with Gasteiger partial charge in [-0.25, -0.2) is 0 Å². The van der Waals surface area contributed by atoms with Crippen molar-refractivity contribution >= 4 is 17.6 Å². The number of aliphatic hydroxyl groups excluding tert-OH is 1. The topological polar surface area (TPSA) is 50.4 Å². The average molecular weight is 284 g/mol. The molecule has 0 aliphatic carbocycles. The summed E-state index contributed by atoms with van der Waals surface area (Å²) in [5.41, 5.74) is 1.71. The van der Waals surface area contributed by atoms with Crippen LogP contribution in [0.2, 0.25) is 0 Å². The van der Waals surface area contributed by atoms with Gasteiger partial charge < -0.3 is 9.52 Å². The number of benzene rings is 1. The molecule has 0 spiro atoms. The highest BCUT2D eigenvalue weighted by molar-refractivity contribution is 7.10. The van der Waals surface area contributed by atoms with Crippen LogP contribution in [-0.2, 0) is 0 Å². The van der Waals surface area contributed by atoms with Gasteiger partial charge in [0.1, 0.15) is 11.9 Å². The number of thiophene rings is 1. The minimum atomic E-state index is -0.605. The maximum Gasteiger partial charge on any atom is 0.185 e. The summed E-state index contributed by atoms with van der Waals surface area (Å²) in [6.45, 7) is 0. The summed E-state index contributed by atoms with van der Waals surface area (Å²) in [7, 11) is 0. The third-order valence-corrected chi connectivity index (χ3v) is 3.99. The third-order valence-electron chi connectivity index (χ3n) is 3.07. The van der Waals surface area contributed by atoms with Crippen LogP contribution in [0.1, 0.15) is 27.1 Å². The van der Waals surface area contributed by atoms with Gasteiger partial charge >= 0.3 is 0 Å². The third kappa shape index (κ3) is 2.43. The van der Waals surface area contributed by atoms with Gasteiger partial charge in [-0.3, -0.25) is 4.79 Å². The van der Waals surface area contributed by atoms with Crippen LogP contribution in [0, 0.1) is 0 Å². The lowest BCUT2D eigenvalue weighted by Crippen LogP contribution is -1.96. The van der Waals surface area contributed by atoms with E-state index in [1.165, 1.54) is 11.3 Å². The molecule has 3 nitrogen and oxygen atoms in total. The largest absolute Gasteiger partial charge is 0.453 e. The van der Waals surface area contributed by atoms with Crippen molar-refractivity contribution in [2.24, 2.45) is 0 Å². The molecule has 2 heterocycles. The summed E-state index contributed by atoms with van der Waals surface area (Å²) in [5, 5.41) is 12.2. The number of carbonyl (C=O) groups is 1. The normalized spacial score (nSPS) is 12.2. The predicted octanol–water partition coefficient (Wildman–Crippen LogP) is 3.90. The second-order valence-corrected chi connectivity index (χ2v) is 5.34. The lowest BCUT2D eigenvalue weighted by atomic mass is 10.0.